The van der Waals surface area contributed by atoms with E-state index >= 15 is 0 Å². The Bertz CT molecular complexity index is 452. The van der Waals surface area contributed by atoms with Crippen LogP contribution in [0.25, 0.3) is 0 Å². The Balaban J connectivity index is 1.97. The lowest BCUT2D eigenvalue weighted by Crippen LogP contribution is -2.27. The van der Waals surface area contributed by atoms with Gasteiger partial charge in [0.05, 0.1) is 6.20 Å². The van der Waals surface area contributed by atoms with Gasteiger partial charge in [0.2, 0.25) is 0 Å². The summed E-state index contributed by atoms with van der Waals surface area (Å²) in [6.45, 7) is 0.526. The van der Waals surface area contributed by atoms with Crippen molar-refractivity contribution < 1.29 is 8.42 Å². The third kappa shape index (κ3) is 2.94. The smallest absolute Gasteiger partial charge is 0.232 e. The molecule has 0 saturated heterocycles. The predicted octanol–water partition coefficient (Wildman–Crippen LogP) is 2.26. The summed E-state index contributed by atoms with van der Waals surface area (Å²) >= 11 is 6.59. The van der Waals surface area contributed by atoms with Gasteiger partial charge < -0.3 is 0 Å². The van der Waals surface area contributed by atoms with Crippen LogP contribution in [-0.2, 0) is 10.0 Å². The molecule has 0 radical (unpaired) electrons. The van der Waals surface area contributed by atoms with E-state index in [2.05, 4.69) is 9.71 Å². The van der Waals surface area contributed by atoms with Gasteiger partial charge in [-0.25, -0.2) is 18.1 Å². The standard InChI is InChI=1S/C9H13ClN2O2S2/c10-9-11-6-8(15-9)16(13,14)12-5-7-3-1-2-4-7/h6-7,12H,1-5H2. The first-order valence-corrected chi connectivity index (χ1v) is 7.87. The maximum absolute atomic E-state index is 11.8. The van der Waals surface area contributed by atoms with E-state index in [4.69, 9.17) is 11.6 Å². The van der Waals surface area contributed by atoms with Crippen molar-refractivity contribution in [1.82, 2.24) is 9.71 Å². The van der Waals surface area contributed by atoms with Crippen molar-refractivity contribution in [2.24, 2.45) is 5.92 Å². The van der Waals surface area contributed by atoms with Gasteiger partial charge in [0.15, 0.2) is 8.68 Å². The number of hydrogen-bond donors (Lipinski definition) is 1. The Kier molecular flexibility index (Phi) is 3.84. The second kappa shape index (κ2) is 5.00. The zero-order chi connectivity index (χ0) is 11.6. The highest BCUT2D eigenvalue weighted by Crippen LogP contribution is 2.25. The Morgan fingerprint density at radius 3 is 2.75 bits per heavy atom. The maximum Gasteiger partial charge on any atom is 0.251 e. The molecule has 0 atom stereocenters. The molecule has 90 valence electrons. The molecule has 0 aliphatic heterocycles. The fourth-order valence-electron chi connectivity index (χ4n) is 1.88. The largest absolute Gasteiger partial charge is 0.251 e. The average Bonchev–Trinajstić information content (AvgIpc) is 2.85. The molecule has 0 amide bonds. The van der Waals surface area contributed by atoms with Crippen LogP contribution in [0.5, 0.6) is 0 Å². The van der Waals surface area contributed by atoms with Gasteiger partial charge in [0, 0.05) is 6.54 Å². The van der Waals surface area contributed by atoms with Crippen LogP contribution >= 0.6 is 22.9 Å². The van der Waals surface area contributed by atoms with Crippen molar-refractivity contribution in [3.8, 4) is 0 Å². The fourth-order valence-corrected chi connectivity index (χ4v) is 4.33. The van der Waals surface area contributed by atoms with Gasteiger partial charge in [-0.3, -0.25) is 0 Å². The van der Waals surface area contributed by atoms with E-state index in [0.717, 1.165) is 24.2 Å². The van der Waals surface area contributed by atoms with Gasteiger partial charge in [0.25, 0.3) is 10.0 Å². The molecule has 4 nitrogen and oxygen atoms in total. The fraction of sp³-hybridized carbons (Fsp3) is 0.667. The molecular formula is C9H13ClN2O2S2. The van der Waals surface area contributed by atoms with E-state index in [0.29, 0.717) is 12.5 Å². The summed E-state index contributed by atoms with van der Waals surface area (Å²) in [4.78, 5) is 3.73. The summed E-state index contributed by atoms with van der Waals surface area (Å²) in [5, 5.41) is 0. The zero-order valence-corrected chi connectivity index (χ0v) is 11.0. The Morgan fingerprint density at radius 1 is 1.50 bits per heavy atom. The number of thiazole rings is 1. The summed E-state index contributed by atoms with van der Waals surface area (Å²) in [5.74, 6) is 0.484. The van der Waals surface area contributed by atoms with Crippen LogP contribution in [0.3, 0.4) is 0 Å². The van der Waals surface area contributed by atoms with Crippen molar-refractivity contribution in [2.75, 3.05) is 6.54 Å². The highest BCUT2D eigenvalue weighted by Gasteiger charge is 2.21. The number of sulfonamides is 1. The number of halogens is 1. The van der Waals surface area contributed by atoms with Crippen LogP contribution in [0.4, 0.5) is 0 Å². The quantitative estimate of drug-likeness (QED) is 0.920. The lowest BCUT2D eigenvalue weighted by Gasteiger charge is -2.09. The molecule has 0 unspecified atom stereocenters. The minimum atomic E-state index is -3.41. The Labute approximate surface area is 104 Å². The molecule has 1 aliphatic carbocycles. The highest BCUT2D eigenvalue weighted by molar-refractivity contribution is 7.91. The van der Waals surface area contributed by atoms with Crippen molar-refractivity contribution >= 4 is 33.0 Å². The molecule has 1 heterocycles. The molecule has 2 rings (SSSR count). The molecule has 0 bridgehead atoms. The molecule has 1 N–H and O–H groups in total. The second-order valence-corrected chi connectivity index (χ2v) is 7.54. The number of rotatable bonds is 4. The molecule has 1 fully saturated rings. The van der Waals surface area contributed by atoms with Gasteiger partial charge >= 0.3 is 0 Å². The Hall–Kier alpha value is -0.170. The van der Waals surface area contributed by atoms with Crippen molar-refractivity contribution in [3.05, 3.63) is 10.7 Å². The van der Waals surface area contributed by atoms with E-state index in [1.165, 1.54) is 19.0 Å². The maximum atomic E-state index is 11.8. The molecule has 7 heteroatoms. The molecular weight excluding hydrogens is 268 g/mol. The van der Waals surface area contributed by atoms with Gasteiger partial charge in [-0.2, -0.15) is 0 Å². The van der Waals surface area contributed by atoms with Crippen molar-refractivity contribution in [1.29, 1.82) is 0 Å². The summed E-state index contributed by atoms with van der Waals surface area (Å²) in [6, 6.07) is 0. The molecule has 1 saturated carbocycles. The average molecular weight is 281 g/mol. The second-order valence-electron chi connectivity index (χ2n) is 3.93. The van der Waals surface area contributed by atoms with Crippen LogP contribution in [0.1, 0.15) is 25.7 Å². The summed E-state index contributed by atoms with van der Waals surface area (Å²) in [5.41, 5.74) is 0. The summed E-state index contributed by atoms with van der Waals surface area (Å²) < 4.78 is 26.7. The first kappa shape index (κ1) is 12.3. The van der Waals surface area contributed by atoms with E-state index in [1.807, 2.05) is 0 Å². The van der Waals surface area contributed by atoms with Crippen LogP contribution in [0.15, 0.2) is 10.4 Å². The van der Waals surface area contributed by atoms with E-state index in [9.17, 15) is 8.42 Å². The van der Waals surface area contributed by atoms with Gasteiger partial charge in [-0.05, 0) is 18.8 Å². The molecule has 0 spiro atoms. The number of hydrogen-bond acceptors (Lipinski definition) is 4. The zero-order valence-electron chi connectivity index (χ0n) is 8.65. The minimum Gasteiger partial charge on any atom is -0.232 e. The molecule has 1 aromatic heterocycles. The van der Waals surface area contributed by atoms with E-state index < -0.39 is 10.0 Å². The monoisotopic (exact) mass is 280 g/mol. The van der Waals surface area contributed by atoms with Gasteiger partial charge in [-0.15, -0.1) is 0 Å². The van der Waals surface area contributed by atoms with Crippen molar-refractivity contribution in [3.63, 3.8) is 0 Å². The number of nitrogens with one attached hydrogen (secondary N) is 1. The topological polar surface area (TPSA) is 59.1 Å². The summed E-state index contributed by atoms with van der Waals surface area (Å²) in [6.07, 6.45) is 5.94. The van der Waals surface area contributed by atoms with Gasteiger partial charge in [-0.1, -0.05) is 35.8 Å². The van der Waals surface area contributed by atoms with Crippen LogP contribution < -0.4 is 4.72 Å². The lowest BCUT2D eigenvalue weighted by molar-refractivity contribution is 0.520. The summed E-state index contributed by atoms with van der Waals surface area (Å²) in [7, 11) is -3.41. The molecule has 16 heavy (non-hydrogen) atoms. The normalized spacial score (nSPS) is 18.1. The van der Waals surface area contributed by atoms with Crippen LogP contribution in [-0.4, -0.2) is 19.9 Å². The molecule has 0 aromatic carbocycles. The van der Waals surface area contributed by atoms with Crippen LogP contribution in [0.2, 0.25) is 4.47 Å². The first-order chi connectivity index (χ1) is 7.58. The van der Waals surface area contributed by atoms with E-state index in [-0.39, 0.29) is 8.68 Å². The minimum absolute atomic E-state index is 0.190. The Morgan fingerprint density at radius 2 is 2.19 bits per heavy atom. The number of nitrogens with zero attached hydrogens (tertiary/aromatic N) is 1. The highest BCUT2D eigenvalue weighted by atomic mass is 35.5. The van der Waals surface area contributed by atoms with Crippen LogP contribution in [0, 0.1) is 5.92 Å². The third-order valence-electron chi connectivity index (χ3n) is 2.76. The first-order valence-electron chi connectivity index (χ1n) is 5.19. The number of aromatic nitrogens is 1. The third-order valence-corrected chi connectivity index (χ3v) is 5.76. The predicted molar refractivity (Wildman–Crippen MR) is 64.3 cm³/mol. The van der Waals surface area contributed by atoms with Gasteiger partial charge in [0.1, 0.15) is 0 Å². The van der Waals surface area contributed by atoms with Crippen molar-refractivity contribution in [2.45, 2.75) is 29.9 Å². The lowest BCUT2D eigenvalue weighted by atomic mass is 10.1. The van der Waals surface area contributed by atoms with E-state index in [1.54, 1.807) is 0 Å². The SMILES string of the molecule is O=S(=O)(NCC1CCCC1)c1cnc(Cl)s1. The molecule has 1 aromatic rings. The molecule has 1 aliphatic rings.